The van der Waals surface area contributed by atoms with E-state index in [0.717, 1.165) is 0 Å². The molecule has 7 heteroatoms. The third kappa shape index (κ3) is 4.76. The van der Waals surface area contributed by atoms with Gasteiger partial charge in [-0.15, -0.1) is 0 Å². The summed E-state index contributed by atoms with van der Waals surface area (Å²) in [7, 11) is 1.74. The number of nitrogens with zero attached hydrogens (tertiary/aromatic N) is 2. The van der Waals surface area contributed by atoms with E-state index in [0.29, 0.717) is 43.4 Å². The summed E-state index contributed by atoms with van der Waals surface area (Å²) in [5.74, 6) is 0.631. The summed E-state index contributed by atoms with van der Waals surface area (Å²) in [5.41, 5.74) is 0. The zero-order valence-electron chi connectivity index (χ0n) is 13.4. The van der Waals surface area contributed by atoms with Crippen molar-refractivity contribution in [2.24, 2.45) is 0 Å². The molecule has 1 aromatic carbocycles. The van der Waals surface area contributed by atoms with Crippen LogP contribution in [0.2, 0.25) is 5.02 Å². The van der Waals surface area contributed by atoms with Crippen molar-refractivity contribution in [1.82, 2.24) is 15.1 Å². The number of ether oxygens (including phenoxy) is 1. The average Bonchev–Trinajstić information content (AvgIpc) is 2.83. The van der Waals surface area contributed by atoms with Crippen LogP contribution < -0.4 is 10.1 Å². The second-order valence-electron chi connectivity index (χ2n) is 5.44. The van der Waals surface area contributed by atoms with E-state index >= 15 is 0 Å². The molecule has 1 aromatic rings. The minimum Gasteiger partial charge on any atom is -0.492 e. The Morgan fingerprint density at radius 2 is 2.30 bits per heavy atom. The Morgan fingerprint density at radius 1 is 1.52 bits per heavy atom. The van der Waals surface area contributed by atoms with Crippen LogP contribution in [0.25, 0.3) is 0 Å². The molecule has 1 aliphatic rings. The predicted octanol–water partition coefficient (Wildman–Crippen LogP) is 1.98. The molecule has 6 nitrogen and oxygen atoms in total. The van der Waals surface area contributed by atoms with Crippen LogP contribution in [0.1, 0.15) is 13.3 Å². The zero-order chi connectivity index (χ0) is 16.8. The Hall–Kier alpha value is -1.95. The summed E-state index contributed by atoms with van der Waals surface area (Å²) in [4.78, 5) is 27.3. The summed E-state index contributed by atoms with van der Waals surface area (Å²) in [6, 6.07) is 6.46. The highest BCUT2D eigenvalue weighted by atomic mass is 35.5. The van der Waals surface area contributed by atoms with Gasteiger partial charge in [-0.3, -0.25) is 4.79 Å². The maximum Gasteiger partial charge on any atom is 0.318 e. The van der Waals surface area contributed by atoms with Gasteiger partial charge in [0.05, 0.1) is 6.54 Å². The van der Waals surface area contributed by atoms with Crippen molar-refractivity contribution in [2.45, 2.75) is 19.4 Å². The fraction of sp³-hybridized carbons (Fsp3) is 0.500. The average molecular weight is 340 g/mol. The maximum absolute atomic E-state index is 12.2. The molecule has 1 N–H and O–H groups in total. The van der Waals surface area contributed by atoms with Crippen LogP contribution >= 0.6 is 11.6 Å². The molecule has 0 unspecified atom stereocenters. The number of benzene rings is 1. The van der Waals surface area contributed by atoms with Crippen molar-refractivity contribution < 1.29 is 14.3 Å². The maximum atomic E-state index is 12.2. The second kappa shape index (κ2) is 8.06. The number of halogens is 1. The summed E-state index contributed by atoms with van der Waals surface area (Å²) >= 11 is 5.89. The number of amides is 3. The molecule has 0 aromatic heterocycles. The molecule has 126 valence electrons. The number of hydrogen-bond acceptors (Lipinski definition) is 3. The van der Waals surface area contributed by atoms with Crippen LogP contribution in [0.5, 0.6) is 5.75 Å². The number of rotatable bonds is 6. The Balaban J connectivity index is 1.80. The number of hydrogen-bond donors (Lipinski definition) is 1. The zero-order valence-corrected chi connectivity index (χ0v) is 14.2. The summed E-state index contributed by atoms with van der Waals surface area (Å²) in [6.45, 7) is 3.91. The number of carbonyl (C=O) groups is 2. The van der Waals surface area contributed by atoms with Gasteiger partial charge < -0.3 is 19.9 Å². The van der Waals surface area contributed by atoms with Crippen LogP contribution in [0.3, 0.4) is 0 Å². The number of likely N-dealkylation sites (tertiary alicyclic amines) is 1. The third-order valence-corrected chi connectivity index (χ3v) is 4.06. The Labute approximate surface area is 141 Å². The lowest BCUT2D eigenvalue weighted by molar-refractivity contribution is -0.128. The smallest absolute Gasteiger partial charge is 0.318 e. The lowest BCUT2D eigenvalue weighted by Gasteiger charge is -2.23. The van der Waals surface area contributed by atoms with Gasteiger partial charge in [-0.2, -0.15) is 0 Å². The topological polar surface area (TPSA) is 61.9 Å². The van der Waals surface area contributed by atoms with Gasteiger partial charge in [0, 0.05) is 25.2 Å². The molecule has 23 heavy (non-hydrogen) atoms. The quantitative estimate of drug-likeness (QED) is 0.862. The molecule has 1 aliphatic heterocycles. The van der Waals surface area contributed by atoms with E-state index in [1.54, 1.807) is 29.0 Å². The van der Waals surface area contributed by atoms with Gasteiger partial charge in [0.1, 0.15) is 18.4 Å². The van der Waals surface area contributed by atoms with Crippen molar-refractivity contribution in [3.8, 4) is 5.75 Å². The Bertz CT molecular complexity index is 567. The molecule has 1 saturated heterocycles. The first-order valence-corrected chi connectivity index (χ1v) is 8.08. The van der Waals surface area contributed by atoms with Crippen LogP contribution in [0.15, 0.2) is 24.3 Å². The van der Waals surface area contributed by atoms with Gasteiger partial charge >= 0.3 is 6.03 Å². The number of carbonyl (C=O) groups excluding carboxylic acids is 2. The first-order valence-electron chi connectivity index (χ1n) is 7.70. The molecule has 0 bridgehead atoms. The van der Waals surface area contributed by atoms with E-state index in [1.807, 2.05) is 19.1 Å². The van der Waals surface area contributed by atoms with Crippen LogP contribution in [0.4, 0.5) is 4.79 Å². The van der Waals surface area contributed by atoms with Crippen molar-refractivity contribution in [3.63, 3.8) is 0 Å². The third-order valence-electron chi connectivity index (χ3n) is 3.82. The molecule has 1 heterocycles. The summed E-state index contributed by atoms with van der Waals surface area (Å²) in [6.07, 6.45) is 0.650. The van der Waals surface area contributed by atoms with Crippen molar-refractivity contribution >= 4 is 23.5 Å². The monoisotopic (exact) mass is 339 g/mol. The first-order chi connectivity index (χ1) is 11.0. The van der Waals surface area contributed by atoms with Crippen LogP contribution in [0, 0.1) is 0 Å². The normalized spacial score (nSPS) is 17.3. The minimum atomic E-state index is -0.421. The highest BCUT2D eigenvalue weighted by molar-refractivity contribution is 6.30. The first kappa shape index (κ1) is 17.4. The van der Waals surface area contributed by atoms with Crippen molar-refractivity contribution in [1.29, 1.82) is 0 Å². The molecular weight excluding hydrogens is 318 g/mol. The van der Waals surface area contributed by atoms with Crippen LogP contribution in [-0.4, -0.2) is 61.1 Å². The van der Waals surface area contributed by atoms with E-state index in [4.69, 9.17) is 16.3 Å². The minimum absolute atomic E-state index is 0.0374. The molecule has 3 amide bonds. The summed E-state index contributed by atoms with van der Waals surface area (Å²) in [5, 5.41) is 3.39. The van der Waals surface area contributed by atoms with E-state index < -0.39 is 6.04 Å². The van der Waals surface area contributed by atoms with E-state index in [-0.39, 0.29) is 11.9 Å². The lowest BCUT2D eigenvalue weighted by Crippen LogP contribution is -2.48. The molecule has 1 atom stereocenters. The Morgan fingerprint density at radius 3 is 2.91 bits per heavy atom. The van der Waals surface area contributed by atoms with Gasteiger partial charge in [0.15, 0.2) is 0 Å². The van der Waals surface area contributed by atoms with E-state index in [2.05, 4.69) is 5.32 Å². The molecule has 0 spiro atoms. The van der Waals surface area contributed by atoms with Crippen LogP contribution in [-0.2, 0) is 4.79 Å². The molecular formula is C16H22ClN3O3. The SMILES string of the molecule is CCN(CCOc1cccc(Cl)c1)C(=O)N[C@@H]1CCN(C)C1=O. The van der Waals surface area contributed by atoms with E-state index in [1.165, 1.54) is 0 Å². The molecule has 0 saturated carbocycles. The molecule has 0 aliphatic carbocycles. The number of likely N-dealkylation sites (N-methyl/N-ethyl adjacent to an activating group) is 2. The van der Waals surface area contributed by atoms with Gasteiger partial charge in [0.2, 0.25) is 5.91 Å². The highest BCUT2D eigenvalue weighted by Crippen LogP contribution is 2.17. The predicted molar refractivity (Wildman–Crippen MR) is 88.8 cm³/mol. The largest absolute Gasteiger partial charge is 0.492 e. The fourth-order valence-corrected chi connectivity index (χ4v) is 2.61. The Kier molecular flexibility index (Phi) is 6.10. The standard InChI is InChI=1S/C16H22ClN3O3/c1-3-20(9-10-23-13-6-4-5-12(17)11-13)16(22)18-14-7-8-19(2)15(14)21/h4-6,11,14H,3,7-10H2,1-2H3,(H,18,22)/t14-/m1/s1. The van der Waals surface area contributed by atoms with Crippen molar-refractivity contribution in [2.75, 3.05) is 33.3 Å². The molecule has 1 fully saturated rings. The fourth-order valence-electron chi connectivity index (χ4n) is 2.43. The lowest BCUT2D eigenvalue weighted by atomic mass is 10.2. The van der Waals surface area contributed by atoms with E-state index in [9.17, 15) is 9.59 Å². The molecule has 0 radical (unpaired) electrons. The van der Waals surface area contributed by atoms with Gasteiger partial charge in [-0.1, -0.05) is 17.7 Å². The van der Waals surface area contributed by atoms with Gasteiger partial charge in [0.25, 0.3) is 0 Å². The second-order valence-corrected chi connectivity index (χ2v) is 5.87. The van der Waals surface area contributed by atoms with Gasteiger partial charge in [-0.05, 0) is 31.5 Å². The number of urea groups is 1. The molecule has 2 rings (SSSR count). The van der Waals surface area contributed by atoms with Crippen molar-refractivity contribution in [3.05, 3.63) is 29.3 Å². The van der Waals surface area contributed by atoms with Gasteiger partial charge in [-0.25, -0.2) is 4.79 Å². The number of nitrogens with one attached hydrogen (secondary N) is 1. The summed E-state index contributed by atoms with van der Waals surface area (Å²) < 4.78 is 5.60. The highest BCUT2D eigenvalue weighted by Gasteiger charge is 2.31.